The first-order valence-corrected chi connectivity index (χ1v) is 10.3. The molecule has 5 heteroatoms. The van der Waals surface area contributed by atoms with Crippen LogP contribution in [0.5, 0.6) is 0 Å². The Balaban J connectivity index is 1.51. The number of hydrogen-bond acceptors (Lipinski definition) is 4. The van der Waals surface area contributed by atoms with E-state index in [2.05, 4.69) is 22.8 Å². The number of hydrogen-bond donors (Lipinski definition) is 1. The van der Waals surface area contributed by atoms with E-state index in [9.17, 15) is 4.79 Å². The largest absolute Gasteiger partial charge is 0.337 e. The van der Waals surface area contributed by atoms with Gasteiger partial charge in [0.15, 0.2) is 0 Å². The maximum absolute atomic E-state index is 12.7. The molecule has 0 spiro atoms. The summed E-state index contributed by atoms with van der Waals surface area (Å²) in [5.41, 5.74) is 6.13. The molecule has 0 radical (unpaired) electrons. The van der Waals surface area contributed by atoms with Crippen molar-refractivity contribution in [1.82, 2.24) is 9.80 Å². The van der Waals surface area contributed by atoms with Gasteiger partial charge in [0.25, 0.3) is 5.91 Å². The summed E-state index contributed by atoms with van der Waals surface area (Å²) in [7, 11) is 0. The first-order valence-electron chi connectivity index (χ1n) is 9.51. The molecule has 1 aromatic rings. The van der Waals surface area contributed by atoms with Gasteiger partial charge in [0.05, 0.1) is 4.88 Å². The van der Waals surface area contributed by atoms with Crippen LogP contribution in [0.15, 0.2) is 12.1 Å². The fourth-order valence-electron chi connectivity index (χ4n) is 4.06. The minimum Gasteiger partial charge on any atom is -0.337 e. The highest BCUT2D eigenvalue weighted by Crippen LogP contribution is 2.25. The quantitative estimate of drug-likeness (QED) is 0.909. The van der Waals surface area contributed by atoms with Crippen LogP contribution in [-0.2, 0) is 6.42 Å². The number of thiophene rings is 1. The van der Waals surface area contributed by atoms with Gasteiger partial charge in [0.2, 0.25) is 0 Å². The monoisotopic (exact) mass is 349 g/mol. The summed E-state index contributed by atoms with van der Waals surface area (Å²) in [5, 5.41) is 0. The van der Waals surface area contributed by atoms with Gasteiger partial charge in [0, 0.05) is 37.1 Å². The van der Waals surface area contributed by atoms with E-state index >= 15 is 0 Å². The maximum Gasteiger partial charge on any atom is 0.263 e. The van der Waals surface area contributed by atoms with Crippen molar-refractivity contribution in [1.29, 1.82) is 0 Å². The smallest absolute Gasteiger partial charge is 0.263 e. The van der Waals surface area contributed by atoms with Crippen LogP contribution in [0.4, 0.5) is 0 Å². The van der Waals surface area contributed by atoms with E-state index in [1.54, 1.807) is 11.3 Å². The van der Waals surface area contributed by atoms with Crippen molar-refractivity contribution < 1.29 is 4.79 Å². The predicted octanol–water partition coefficient (Wildman–Crippen LogP) is 2.98. The lowest BCUT2D eigenvalue weighted by Gasteiger charge is -2.31. The standard InChI is InChI=1S/C19H31N3OS/c1-2-17-7-8-18(24-17)19(23)22-10-4-9-21(11-12-22)14-15-5-3-6-16(20)13-15/h7-8,15-16H,2-6,9-14,20H2,1H3/t15-,16+/m1/s1. The van der Waals surface area contributed by atoms with E-state index in [1.807, 2.05) is 6.07 Å². The molecule has 2 N–H and O–H groups in total. The maximum atomic E-state index is 12.7. The average molecular weight is 350 g/mol. The van der Waals surface area contributed by atoms with Crippen LogP contribution in [0.3, 0.4) is 0 Å². The molecular weight excluding hydrogens is 318 g/mol. The Labute approximate surface area is 150 Å². The summed E-state index contributed by atoms with van der Waals surface area (Å²) >= 11 is 1.65. The molecule has 3 rings (SSSR count). The normalized spacial score (nSPS) is 26.3. The molecule has 2 aliphatic rings. The van der Waals surface area contributed by atoms with Crippen molar-refractivity contribution in [2.45, 2.75) is 51.5 Å². The van der Waals surface area contributed by atoms with E-state index in [0.717, 1.165) is 56.4 Å². The zero-order valence-electron chi connectivity index (χ0n) is 14.9. The molecule has 24 heavy (non-hydrogen) atoms. The molecule has 0 bridgehead atoms. The summed E-state index contributed by atoms with van der Waals surface area (Å²) in [6, 6.07) is 4.49. The van der Waals surface area contributed by atoms with Gasteiger partial charge in [-0.2, -0.15) is 0 Å². The molecule has 0 unspecified atom stereocenters. The molecule has 2 atom stereocenters. The highest BCUT2D eigenvalue weighted by atomic mass is 32.1. The number of aryl methyl sites for hydroxylation is 1. The van der Waals surface area contributed by atoms with Crippen molar-refractivity contribution in [2.75, 3.05) is 32.7 Å². The molecule has 1 saturated heterocycles. The fourth-order valence-corrected chi connectivity index (χ4v) is 4.97. The Morgan fingerprint density at radius 1 is 1.21 bits per heavy atom. The van der Waals surface area contributed by atoms with Gasteiger partial charge in [0.1, 0.15) is 0 Å². The molecular formula is C19H31N3OS. The van der Waals surface area contributed by atoms with Gasteiger partial charge < -0.3 is 15.5 Å². The highest BCUT2D eigenvalue weighted by Gasteiger charge is 2.25. The SMILES string of the molecule is CCc1ccc(C(=O)N2CCCN(C[C@@H]3CCC[C@H](N)C3)CC2)s1. The third-order valence-electron chi connectivity index (χ3n) is 5.44. The van der Waals surface area contributed by atoms with E-state index in [4.69, 9.17) is 5.73 Å². The molecule has 2 fully saturated rings. The molecule has 1 aliphatic heterocycles. The number of carbonyl (C=O) groups is 1. The van der Waals surface area contributed by atoms with Crippen LogP contribution in [0.2, 0.25) is 0 Å². The van der Waals surface area contributed by atoms with Crippen molar-refractivity contribution >= 4 is 17.2 Å². The van der Waals surface area contributed by atoms with E-state index in [-0.39, 0.29) is 5.91 Å². The number of nitrogens with zero attached hydrogens (tertiary/aromatic N) is 2. The number of carbonyl (C=O) groups excluding carboxylic acids is 1. The second-order valence-electron chi connectivity index (χ2n) is 7.36. The van der Waals surface area contributed by atoms with E-state index in [0.29, 0.717) is 6.04 Å². The Bertz CT molecular complexity index is 544. The third kappa shape index (κ3) is 4.58. The first kappa shape index (κ1) is 17.9. The molecule has 134 valence electrons. The summed E-state index contributed by atoms with van der Waals surface area (Å²) < 4.78 is 0. The molecule has 1 aliphatic carbocycles. The van der Waals surface area contributed by atoms with Crippen LogP contribution in [0, 0.1) is 5.92 Å². The summed E-state index contributed by atoms with van der Waals surface area (Å²) in [6.07, 6.45) is 7.06. The van der Waals surface area contributed by atoms with Crippen molar-refractivity contribution in [3.05, 3.63) is 21.9 Å². The zero-order valence-corrected chi connectivity index (χ0v) is 15.7. The Hall–Kier alpha value is -0.910. The molecule has 4 nitrogen and oxygen atoms in total. The van der Waals surface area contributed by atoms with Crippen LogP contribution in [0.25, 0.3) is 0 Å². The summed E-state index contributed by atoms with van der Waals surface area (Å²) in [5.74, 6) is 0.974. The van der Waals surface area contributed by atoms with Crippen molar-refractivity contribution in [3.8, 4) is 0 Å². The number of amides is 1. The van der Waals surface area contributed by atoms with Gasteiger partial charge >= 0.3 is 0 Å². The lowest BCUT2D eigenvalue weighted by atomic mass is 9.86. The topological polar surface area (TPSA) is 49.6 Å². The van der Waals surface area contributed by atoms with E-state index < -0.39 is 0 Å². The Morgan fingerprint density at radius 3 is 2.83 bits per heavy atom. The lowest BCUT2D eigenvalue weighted by molar-refractivity contribution is 0.0764. The average Bonchev–Trinajstić information content (AvgIpc) is 2.94. The minimum atomic E-state index is 0.223. The van der Waals surface area contributed by atoms with Crippen LogP contribution >= 0.6 is 11.3 Å². The second kappa shape index (κ2) is 8.45. The summed E-state index contributed by atoms with van der Waals surface area (Å²) in [4.78, 5) is 19.5. The Morgan fingerprint density at radius 2 is 2.08 bits per heavy atom. The lowest BCUT2D eigenvalue weighted by Crippen LogP contribution is -2.38. The first-order chi connectivity index (χ1) is 11.7. The van der Waals surface area contributed by atoms with Gasteiger partial charge in [-0.1, -0.05) is 13.3 Å². The van der Waals surface area contributed by atoms with Crippen LogP contribution in [0.1, 0.15) is 53.6 Å². The third-order valence-corrected chi connectivity index (χ3v) is 6.65. The molecule has 1 aromatic heterocycles. The molecule has 2 heterocycles. The van der Waals surface area contributed by atoms with Crippen molar-refractivity contribution in [2.24, 2.45) is 11.7 Å². The number of rotatable bonds is 4. The van der Waals surface area contributed by atoms with Gasteiger partial charge in [-0.05, 0) is 56.7 Å². The highest BCUT2D eigenvalue weighted by molar-refractivity contribution is 7.14. The predicted molar refractivity (Wildman–Crippen MR) is 101 cm³/mol. The van der Waals surface area contributed by atoms with Gasteiger partial charge in [-0.3, -0.25) is 4.79 Å². The Kier molecular flexibility index (Phi) is 6.31. The molecule has 0 aromatic carbocycles. The fraction of sp³-hybridized carbons (Fsp3) is 0.737. The van der Waals surface area contributed by atoms with Crippen LogP contribution in [-0.4, -0.2) is 54.5 Å². The zero-order chi connectivity index (χ0) is 16.9. The second-order valence-corrected chi connectivity index (χ2v) is 8.53. The van der Waals surface area contributed by atoms with E-state index in [1.165, 1.54) is 30.6 Å². The van der Waals surface area contributed by atoms with Crippen molar-refractivity contribution in [3.63, 3.8) is 0 Å². The van der Waals surface area contributed by atoms with Crippen LogP contribution < -0.4 is 5.73 Å². The minimum absolute atomic E-state index is 0.223. The number of nitrogens with two attached hydrogens (primary N) is 1. The summed E-state index contributed by atoms with van der Waals surface area (Å²) in [6.45, 7) is 7.16. The molecule has 1 amide bonds. The van der Waals surface area contributed by atoms with Gasteiger partial charge in [-0.15, -0.1) is 11.3 Å². The van der Waals surface area contributed by atoms with Gasteiger partial charge in [-0.25, -0.2) is 0 Å². The molecule has 1 saturated carbocycles.